The Kier molecular flexibility index (Phi) is 4.99. The van der Waals surface area contributed by atoms with Crippen LogP contribution in [0.25, 0.3) is 5.69 Å². The predicted molar refractivity (Wildman–Crippen MR) is 92.2 cm³/mol. The van der Waals surface area contributed by atoms with Gasteiger partial charge in [-0.3, -0.25) is 0 Å². The average Bonchev–Trinajstić information content (AvgIpc) is 3.11. The maximum absolute atomic E-state index is 12.4. The lowest BCUT2D eigenvalue weighted by Gasteiger charge is -2.06. The number of benzene rings is 2. The highest BCUT2D eigenvalue weighted by Gasteiger charge is 2.20. The van der Waals surface area contributed by atoms with Crippen molar-refractivity contribution in [1.82, 2.24) is 9.78 Å². The number of ether oxygens (including phenoxy) is 3. The van der Waals surface area contributed by atoms with Crippen LogP contribution in [0, 0.1) is 0 Å². The number of esters is 1. The van der Waals surface area contributed by atoms with E-state index in [4.69, 9.17) is 14.2 Å². The smallest absolute Gasteiger partial charge is 0.363 e. The molecule has 6 heteroatoms. The highest BCUT2D eigenvalue weighted by Crippen LogP contribution is 2.21. The first kappa shape index (κ1) is 16.6. The fraction of sp³-hybridized carbons (Fsp3) is 0.158. The molecule has 0 aliphatic heterocycles. The molecule has 0 aliphatic carbocycles. The second kappa shape index (κ2) is 7.53. The molecule has 0 saturated heterocycles. The summed E-state index contributed by atoms with van der Waals surface area (Å²) in [6.07, 6.45) is 1.65. The first-order chi connectivity index (χ1) is 12.2. The Morgan fingerprint density at radius 3 is 2.56 bits per heavy atom. The second-order valence-electron chi connectivity index (χ2n) is 5.25. The predicted octanol–water partition coefficient (Wildman–Crippen LogP) is 3.25. The topological polar surface area (TPSA) is 62.6 Å². The highest BCUT2D eigenvalue weighted by molar-refractivity contribution is 5.90. The van der Waals surface area contributed by atoms with Crippen LogP contribution in [0.15, 0.2) is 60.8 Å². The Balaban J connectivity index is 1.76. The first-order valence-corrected chi connectivity index (χ1v) is 7.70. The molecule has 6 nitrogen and oxygen atoms in total. The van der Waals surface area contributed by atoms with Gasteiger partial charge >= 0.3 is 5.97 Å². The number of para-hydroxylation sites is 1. The van der Waals surface area contributed by atoms with E-state index in [1.54, 1.807) is 18.0 Å². The quantitative estimate of drug-likeness (QED) is 0.646. The van der Waals surface area contributed by atoms with Crippen molar-refractivity contribution >= 4 is 5.97 Å². The molecule has 0 N–H and O–H groups in total. The standard InChI is InChI=1S/C19H18N2O4/c1-23-16-10-6-7-14(11-16)13-25-19(22)18-17(24-2)12-21(20-18)15-8-4-3-5-9-15/h3-12H,13H2,1-2H3. The van der Waals surface area contributed by atoms with Crippen molar-refractivity contribution in [3.05, 3.63) is 72.1 Å². The van der Waals surface area contributed by atoms with E-state index < -0.39 is 5.97 Å². The zero-order valence-electron chi connectivity index (χ0n) is 14.0. The van der Waals surface area contributed by atoms with Crippen LogP contribution in [0.5, 0.6) is 11.5 Å². The summed E-state index contributed by atoms with van der Waals surface area (Å²) in [6.45, 7) is 0.122. The molecule has 0 aliphatic rings. The summed E-state index contributed by atoms with van der Waals surface area (Å²) < 4.78 is 17.4. The summed E-state index contributed by atoms with van der Waals surface area (Å²) >= 11 is 0. The van der Waals surface area contributed by atoms with Crippen molar-refractivity contribution < 1.29 is 19.0 Å². The van der Waals surface area contributed by atoms with E-state index in [9.17, 15) is 4.79 Å². The molecule has 1 heterocycles. The molecule has 0 amide bonds. The van der Waals surface area contributed by atoms with Gasteiger partial charge in [-0.05, 0) is 29.8 Å². The van der Waals surface area contributed by atoms with Crippen molar-refractivity contribution in [2.75, 3.05) is 14.2 Å². The number of rotatable bonds is 6. The Morgan fingerprint density at radius 2 is 1.84 bits per heavy atom. The summed E-state index contributed by atoms with van der Waals surface area (Å²) in [5, 5.41) is 4.29. The minimum Gasteiger partial charge on any atom is -0.497 e. The molecule has 0 saturated carbocycles. The fourth-order valence-electron chi connectivity index (χ4n) is 2.34. The lowest BCUT2D eigenvalue weighted by Crippen LogP contribution is -2.08. The van der Waals surface area contributed by atoms with Crippen molar-refractivity contribution in [3.8, 4) is 17.2 Å². The molecule has 0 unspecified atom stereocenters. The largest absolute Gasteiger partial charge is 0.497 e. The van der Waals surface area contributed by atoms with Crippen molar-refractivity contribution in [3.63, 3.8) is 0 Å². The summed E-state index contributed by atoms with van der Waals surface area (Å²) in [5.41, 5.74) is 1.79. The van der Waals surface area contributed by atoms with Gasteiger partial charge in [0.05, 0.1) is 26.1 Å². The molecule has 3 aromatic rings. The van der Waals surface area contributed by atoms with Crippen LogP contribution in [0.3, 0.4) is 0 Å². The summed E-state index contributed by atoms with van der Waals surface area (Å²) in [6, 6.07) is 16.8. The van der Waals surface area contributed by atoms with Crippen LogP contribution >= 0.6 is 0 Å². The zero-order chi connectivity index (χ0) is 17.6. The number of hydrogen-bond donors (Lipinski definition) is 0. The second-order valence-corrected chi connectivity index (χ2v) is 5.25. The Bertz CT molecular complexity index is 859. The molecular weight excluding hydrogens is 320 g/mol. The van der Waals surface area contributed by atoms with E-state index in [-0.39, 0.29) is 12.3 Å². The minimum absolute atomic E-state index is 0.122. The number of methoxy groups -OCH3 is 2. The fourth-order valence-corrected chi connectivity index (χ4v) is 2.34. The molecule has 0 fully saturated rings. The number of nitrogens with zero attached hydrogens (tertiary/aromatic N) is 2. The maximum atomic E-state index is 12.4. The highest BCUT2D eigenvalue weighted by atomic mass is 16.5. The van der Waals surface area contributed by atoms with E-state index in [0.29, 0.717) is 11.5 Å². The summed E-state index contributed by atoms with van der Waals surface area (Å²) in [7, 11) is 3.08. The van der Waals surface area contributed by atoms with E-state index in [0.717, 1.165) is 11.3 Å². The normalized spacial score (nSPS) is 10.3. The van der Waals surface area contributed by atoms with Crippen molar-refractivity contribution in [2.24, 2.45) is 0 Å². The lowest BCUT2D eigenvalue weighted by molar-refractivity contribution is 0.0461. The molecule has 0 bridgehead atoms. The lowest BCUT2D eigenvalue weighted by atomic mass is 10.2. The molecule has 1 aromatic heterocycles. The van der Waals surface area contributed by atoms with E-state index in [1.165, 1.54) is 7.11 Å². The van der Waals surface area contributed by atoms with Gasteiger partial charge in [-0.15, -0.1) is 0 Å². The van der Waals surface area contributed by atoms with Crippen molar-refractivity contribution in [1.29, 1.82) is 0 Å². The van der Waals surface area contributed by atoms with E-state index >= 15 is 0 Å². The Morgan fingerprint density at radius 1 is 1.04 bits per heavy atom. The summed E-state index contributed by atoms with van der Waals surface area (Å²) in [4.78, 5) is 12.4. The van der Waals surface area contributed by atoms with Crippen LogP contribution < -0.4 is 9.47 Å². The van der Waals surface area contributed by atoms with Gasteiger partial charge in [0.2, 0.25) is 5.69 Å². The SMILES string of the molecule is COc1cccc(COC(=O)c2nn(-c3ccccc3)cc2OC)c1. The molecule has 25 heavy (non-hydrogen) atoms. The number of hydrogen-bond acceptors (Lipinski definition) is 5. The third kappa shape index (κ3) is 3.80. The Hall–Kier alpha value is -3.28. The van der Waals surface area contributed by atoms with Crippen LogP contribution in [0.2, 0.25) is 0 Å². The first-order valence-electron chi connectivity index (χ1n) is 7.70. The molecule has 0 atom stereocenters. The van der Waals surface area contributed by atoms with Gasteiger partial charge in [0, 0.05) is 0 Å². The minimum atomic E-state index is -0.547. The molecule has 2 aromatic carbocycles. The van der Waals surface area contributed by atoms with Gasteiger partial charge in [-0.1, -0.05) is 30.3 Å². The molecule has 128 valence electrons. The molecule has 3 rings (SSSR count). The van der Waals surface area contributed by atoms with Crippen LogP contribution in [0.4, 0.5) is 0 Å². The molecular formula is C19H18N2O4. The third-order valence-electron chi connectivity index (χ3n) is 3.62. The van der Waals surface area contributed by atoms with Gasteiger partial charge in [-0.25, -0.2) is 9.48 Å². The van der Waals surface area contributed by atoms with Crippen LogP contribution in [-0.2, 0) is 11.3 Å². The Labute approximate surface area is 145 Å². The zero-order valence-corrected chi connectivity index (χ0v) is 14.0. The monoisotopic (exact) mass is 338 g/mol. The number of carbonyl (C=O) groups excluding carboxylic acids is 1. The molecule has 0 spiro atoms. The van der Waals surface area contributed by atoms with Crippen molar-refractivity contribution in [2.45, 2.75) is 6.61 Å². The number of aromatic nitrogens is 2. The molecule has 0 radical (unpaired) electrons. The maximum Gasteiger partial charge on any atom is 0.363 e. The van der Waals surface area contributed by atoms with E-state index in [1.807, 2.05) is 54.6 Å². The average molecular weight is 338 g/mol. The van der Waals surface area contributed by atoms with E-state index in [2.05, 4.69) is 5.10 Å². The van der Waals surface area contributed by atoms with Gasteiger partial charge in [0.1, 0.15) is 12.4 Å². The van der Waals surface area contributed by atoms with Gasteiger partial charge < -0.3 is 14.2 Å². The van der Waals surface area contributed by atoms with Gasteiger partial charge in [0.25, 0.3) is 0 Å². The van der Waals surface area contributed by atoms with Crippen LogP contribution in [-0.4, -0.2) is 30.0 Å². The van der Waals surface area contributed by atoms with Gasteiger partial charge in [-0.2, -0.15) is 5.10 Å². The van der Waals surface area contributed by atoms with Gasteiger partial charge in [0.15, 0.2) is 5.75 Å². The van der Waals surface area contributed by atoms with Crippen LogP contribution in [0.1, 0.15) is 16.1 Å². The number of carbonyl (C=O) groups is 1. The summed E-state index contributed by atoms with van der Waals surface area (Å²) in [5.74, 6) is 0.522. The third-order valence-corrected chi connectivity index (χ3v) is 3.62.